The zero-order valence-corrected chi connectivity index (χ0v) is 9.48. The number of hydrogen-bond acceptors (Lipinski definition) is 4. The topological polar surface area (TPSA) is 73.1 Å². The zero-order valence-electron chi connectivity index (χ0n) is 9.48. The number of amidine groups is 1. The Labute approximate surface area is 100 Å². The largest absolute Gasteiger partial charge is 0.377 e. The van der Waals surface area contributed by atoms with Crippen LogP contribution in [-0.4, -0.2) is 44.2 Å². The van der Waals surface area contributed by atoms with Crippen molar-refractivity contribution < 1.29 is 19.8 Å². The Bertz CT molecular complexity index is 373. The minimum absolute atomic E-state index is 0.166. The van der Waals surface area contributed by atoms with E-state index in [1.807, 2.05) is 0 Å². The number of hydrogen-bond donors (Lipinski definition) is 3. The van der Waals surface area contributed by atoms with Gasteiger partial charge in [0.1, 0.15) is 6.20 Å². The Morgan fingerprint density at radius 2 is 1.59 bits per heavy atom. The smallest absolute Gasteiger partial charge is 0.245 e. The molecular weight excluding hydrogens is 220 g/mol. The minimum Gasteiger partial charge on any atom is -0.377 e. The molecule has 0 saturated heterocycles. The number of rotatable bonds is 6. The fourth-order valence-corrected chi connectivity index (χ4v) is 1.76. The lowest BCUT2D eigenvalue weighted by Gasteiger charge is -2.38. The predicted octanol–water partition coefficient (Wildman–Crippen LogP) is 0.242. The highest BCUT2D eigenvalue weighted by molar-refractivity contribution is 5.84. The molecule has 0 aromatic rings. The summed E-state index contributed by atoms with van der Waals surface area (Å²) in [6, 6.07) is 0. The molecule has 5 nitrogen and oxygen atoms in total. The van der Waals surface area contributed by atoms with Gasteiger partial charge < -0.3 is 15.3 Å². The maximum atomic E-state index is 9.99. The van der Waals surface area contributed by atoms with Crippen molar-refractivity contribution in [1.82, 2.24) is 0 Å². The van der Waals surface area contributed by atoms with Gasteiger partial charge in [-0.05, 0) is 12.2 Å². The molecular formula is C12H17N2O3+. The normalized spacial score (nSPS) is 28.1. The van der Waals surface area contributed by atoms with Gasteiger partial charge in [-0.2, -0.15) is 4.48 Å². The van der Waals surface area contributed by atoms with Crippen molar-refractivity contribution in [2.75, 3.05) is 0 Å². The molecule has 3 N–H and O–H groups in total. The third kappa shape index (κ3) is 2.01. The number of aliphatic hydroxyl groups excluding tert-OH is 3. The molecule has 0 aromatic heterocycles. The van der Waals surface area contributed by atoms with Gasteiger partial charge in [-0.25, -0.2) is 4.99 Å². The van der Waals surface area contributed by atoms with Crippen molar-refractivity contribution in [1.29, 1.82) is 0 Å². The summed E-state index contributed by atoms with van der Waals surface area (Å²) in [5.74, 6) is 0.166. The second-order valence-electron chi connectivity index (χ2n) is 3.60. The molecule has 5 heteroatoms. The first-order chi connectivity index (χ1) is 8.04. The minimum atomic E-state index is -1.14. The molecule has 1 aliphatic rings. The van der Waals surface area contributed by atoms with Crippen LogP contribution in [-0.2, 0) is 0 Å². The van der Waals surface area contributed by atoms with Crippen molar-refractivity contribution >= 4 is 5.84 Å². The van der Waals surface area contributed by atoms with Gasteiger partial charge in [0.2, 0.25) is 18.3 Å². The van der Waals surface area contributed by atoms with E-state index in [0.29, 0.717) is 0 Å². The van der Waals surface area contributed by atoms with E-state index in [-0.39, 0.29) is 5.84 Å². The predicted molar refractivity (Wildman–Crippen MR) is 65.4 cm³/mol. The Morgan fingerprint density at radius 1 is 1.06 bits per heavy atom. The van der Waals surface area contributed by atoms with E-state index < -0.39 is 23.0 Å². The summed E-state index contributed by atoms with van der Waals surface area (Å²) in [6.45, 7) is 10.4. The van der Waals surface area contributed by atoms with E-state index in [4.69, 9.17) is 0 Å². The number of aliphatic hydroxyl groups is 3. The molecule has 0 aliphatic carbocycles. The van der Waals surface area contributed by atoms with Crippen molar-refractivity contribution in [2.45, 2.75) is 18.6 Å². The summed E-state index contributed by atoms with van der Waals surface area (Å²) in [6.07, 6.45) is 3.30. The molecule has 17 heavy (non-hydrogen) atoms. The van der Waals surface area contributed by atoms with Crippen LogP contribution < -0.4 is 0 Å². The van der Waals surface area contributed by atoms with Crippen LogP contribution in [0.1, 0.15) is 0 Å². The molecule has 0 fully saturated rings. The third-order valence-electron chi connectivity index (χ3n) is 2.70. The van der Waals surface area contributed by atoms with Crippen LogP contribution in [0.3, 0.4) is 0 Å². The SMILES string of the molecule is C=CC(O)C1=NC=C[N+]1(C(O)C=C)C(O)C=C. The monoisotopic (exact) mass is 237 g/mol. The Balaban J connectivity index is 3.28. The summed E-state index contributed by atoms with van der Waals surface area (Å²) in [7, 11) is 0. The van der Waals surface area contributed by atoms with Crippen molar-refractivity contribution in [3.05, 3.63) is 50.4 Å². The molecule has 0 radical (unpaired) electrons. The van der Waals surface area contributed by atoms with Crippen LogP contribution >= 0.6 is 0 Å². The van der Waals surface area contributed by atoms with Crippen LogP contribution in [0.2, 0.25) is 0 Å². The first-order valence-electron chi connectivity index (χ1n) is 5.10. The van der Waals surface area contributed by atoms with E-state index >= 15 is 0 Å². The van der Waals surface area contributed by atoms with Gasteiger partial charge in [0.05, 0.1) is 6.20 Å². The van der Waals surface area contributed by atoms with E-state index in [9.17, 15) is 15.3 Å². The lowest BCUT2D eigenvalue weighted by atomic mass is 10.2. The fraction of sp³-hybridized carbons (Fsp3) is 0.250. The Kier molecular flexibility index (Phi) is 4.14. The molecule has 1 rings (SSSR count). The van der Waals surface area contributed by atoms with E-state index in [0.717, 1.165) is 0 Å². The number of quaternary nitrogens is 1. The molecule has 1 aliphatic heterocycles. The van der Waals surface area contributed by atoms with Crippen molar-refractivity contribution in [3.8, 4) is 0 Å². The summed E-state index contributed by atoms with van der Waals surface area (Å²) in [4.78, 5) is 3.97. The van der Waals surface area contributed by atoms with Crippen molar-refractivity contribution in [3.63, 3.8) is 0 Å². The average Bonchev–Trinajstić information content (AvgIpc) is 2.81. The fourth-order valence-electron chi connectivity index (χ4n) is 1.76. The van der Waals surface area contributed by atoms with Gasteiger partial charge in [0, 0.05) is 0 Å². The first-order valence-corrected chi connectivity index (χ1v) is 5.10. The Hall–Kier alpha value is -1.53. The van der Waals surface area contributed by atoms with Gasteiger partial charge in [0.15, 0.2) is 6.10 Å². The molecule has 0 aromatic carbocycles. The second kappa shape index (κ2) is 5.20. The van der Waals surface area contributed by atoms with Gasteiger partial charge in [-0.3, -0.25) is 0 Å². The maximum Gasteiger partial charge on any atom is 0.245 e. The lowest BCUT2D eigenvalue weighted by Crippen LogP contribution is -2.61. The average molecular weight is 237 g/mol. The van der Waals surface area contributed by atoms with E-state index in [2.05, 4.69) is 24.7 Å². The summed E-state index contributed by atoms with van der Waals surface area (Å²) >= 11 is 0. The molecule has 0 spiro atoms. The molecule has 3 unspecified atom stereocenters. The third-order valence-corrected chi connectivity index (χ3v) is 2.70. The van der Waals surface area contributed by atoms with E-state index in [1.54, 1.807) is 0 Å². The molecule has 3 atom stereocenters. The van der Waals surface area contributed by atoms with Crippen LogP contribution in [0, 0.1) is 0 Å². The van der Waals surface area contributed by atoms with Gasteiger partial charge in [-0.15, -0.1) is 0 Å². The van der Waals surface area contributed by atoms with Crippen LogP contribution in [0.5, 0.6) is 0 Å². The molecule has 0 bridgehead atoms. The Morgan fingerprint density at radius 3 is 2.00 bits per heavy atom. The number of aliphatic imine (C=N–C) groups is 1. The van der Waals surface area contributed by atoms with E-state index in [1.165, 1.54) is 30.6 Å². The van der Waals surface area contributed by atoms with Crippen LogP contribution in [0.15, 0.2) is 55.4 Å². The zero-order chi connectivity index (χ0) is 13.1. The molecule has 0 amide bonds. The highest BCUT2D eigenvalue weighted by Crippen LogP contribution is 2.27. The summed E-state index contributed by atoms with van der Waals surface area (Å²) in [5.41, 5.74) is 0. The first kappa shape index (κ1) is 13.5. The number of nitrogens with zero attached hydrogens (tertiary/aromatic N) is 2. The highest BCUT2D eigenvalue weighted by Gasteiger charge is 2.48. The summed E-state index contributed by atoms with van der Waals surface area (Å²) in [5, 5.41) is 29.8. The molecule has 1 heterocycles. The van der Waals surface area contributed by atoms with Gasteiger partial charge in [0.25, 0.3) is 0 Å². The van der Waals surface area contributed by atoms with Gasteiger partial charge in [-0.1, -0.05) is 25.8 Å². The second-order valence-corrected chi connectivity index (χ2v) is 3.60. The molecule has 92 valence electrons. The molecule has 0 saturated carbocycles. The van der Waals surface area contributed by atoms with Crippen LogP contribution in [0.25, 0.3) is 0 Å². The summed E-state index contributed by atoms with van der Waals surface area (Å²) < 4.78 is -0.458. The standard InChI is InChI=1S/C12H17N2O3/c1-4-9(15)12-13-7-8-14(12,10(16)5-2)11(17)6-3/h4-11,15-17H,1-3H2/q+1. The van der Waals surface area contributed by atoms with Gasteiger partial charge >= 0.3 is 0 Å². The maximum absolute atomic E-state index is 9.99. The van der Waals surface area contributed by atoms with Crippen LogP contribution in [0.4, 0.5) is 0 Å². The lowest BCUT2D eigenvalue weighted by molar-refractivity contribution is -0.875. The quantitative estimate of drug-likeness (QED) is 0.458. The highest BCUT2D eigenvalue weighted by atomic mass is 16.3. The van der Waals surface area contributed by atoms with Crippen molar-refractivity contribution in [2.24, 2.45) is 4.99 Å².